The summed E-state index contributed by atoms with van der Waals surface area (Å²) in [4.78, 5) is 5.96. The lowest BCUT2D eigenvalue weighted by Gasteiger charge is -2.44. The standard InChI is InChI=1S/C24H27F6N3O3S/c1-16-15-32(17(2)21(9-10-21)19-4-3-11-31-14-19)12-13-33(16)37(35,36)20-7-5-18(6-8-20)22(34,23(25,26)27)24(28,29)30/h3-8,11,14,16-17,34H,9-10,12-13,15H2,1-2H3/t16-,17?/m1/s1. The molecule has 1 aromatic carbocycles. The number of sulfonamides is 1. The fourth-order valence-electron chi connectivity index (χ4n) is 5.26. The summed E-state index contributed by atoms with van der Waals surface area (Å²) in [5.74, 6) is 0. The first-order chi connectivity index (χ1) is 17.1. The van der Waals surface area contributed by atoms with Gasteiger partial charge in [0.2, 0.25) is 10.0 Å². The second-order valence-electron chi connectivity index (χ2n) is 9.76. The minimum Gasteiger partial charge on any atom is -0.369 e. The van der Waals surface area contributed by atoms with Crippen LogP contribution in [0.5, 0.6) is 0 Å². The Bertz CT molecular complexity index is 1200. The molecule has 1 N–H and O–H groups in total. The number of hydrogen-bond donors (Lipinski definition) is 1. The smallest absolute Gasteiger partial charge is 0.369 e. The van der Waals surface area contributed by atoms with Gasteiger partial charge in [0.25, 0.3) is 5.60 Å². The van der Waals surface area contributed by atoms with Crippen molar-refractivity contribution in [1.82, 2.24) is 14.2 Å². The molecule has 1 aliphatic carbocycles. The lowest BCUT2D eigenvalue weighted by molar-refractivity contribution is -0.376. The maximum absolute atomic E-state index is 13.3. The zero-order valence-corrected chi connectivity index (χ0v) is 20.9. The second kappa shape index (κ2) is 9.21. The van der Waals surface area contributed by atoms with Crippen molar-refractivity contribution in [2.24, 2.45) is 0 Å². The van der Waals surface area contributed by atoms with Gasteiger partial charge in [-0.15, -0.1) is 0 Å². The zero-order chi connectivity index (χ0) is 27.4. The van der Waals surface area contributed by atoms with E-state index < -0.39 is 44.5 Å². The lowest BCUT2D eigenvalue weighted by Crippen LogP contribution is -2.57. The minimum absolute atomic E-state index is 0.0569. The van der Waals surface area contributed by atoms with Gasteiger partial charge in [0, 0.05) is 55.1 Å². The predicted molar refractivity (Wildman–Crippen MR) is 122 cm³/mol. The topological polar surface area (TPSA) is 73.7 Å². The van der Waals surface area contributed by atoms with E-state index in [1.165, 1.54) is 4.31 Å². The van der Waals surface area contributed by atoms with Crippen LogP contribution in [0, 0.1) is 0 Å². The summed E-state index contributed by atoms with van der Waals surface area (Å²) < 4.78 is 107. The molecule has 2 fully saturated rings. The summed E-state index contributed by atoms with van der Waals surface area (Å²) in [6.07, 6.45) is -6.59. The molecule has 0 amide bonds. The van der Waals surface area contributed by atoms with Gasteiger partial charge in [-0.1, -0.05) is 18.2 Å². The third-order valence-corrected chi connectivity index (χ3v) is 9.70. The number of aromatic nitrogens is 1. The number of alkyl halides is 6. The summed E-state index contributed by atoms with van der Waals surface area (Å²) in [6.45, 7) is 4.72. The highest BCUT2D eigenvalue weighted by atomic mass is 32.2. The van der Waals surface area contributed by atoms with Gasteiger partial charge < -0.3 is 5.11 Å². The van der Waals surface area contributed by atoms with Gasteiger partial charge in [0.05, 0.1) is 4.90 Å². The molecule has 2 atom stereocenters. The number of rotatable bonds is 6. The van der Waals surface area contributed by atoms with Crippen molar-refractivity contribution in [2.75, 3.05) is 19.6 Å². The number of pyridine rings is 1. The van der Waals surface area contributed by atoms with Gasteiger partial charge in [-0.3, -0.25) is 9.88 Å². The average molecular weight is 552 g/mol. The van der Waals surface area contributed by atoms with E-state index in [-0.39, 0.29) is 18.0 Å². The van der Waals surface area contributed by atoms with Crippen molar-refractivity contribution < 1.29 is 39.9 Å². The number of halogens is 6. The fraction of sp³-hybridized carbons (Fsp3) is 0.542. The molecule has 2 aromatic rings. The number of benzene rings is 1. The highest BCUT2D eigenvalue weighted by Crippen LogP contribution is 2.53. The van der Waals surface area contributed by atoms with Gasteiger partial charge in [-0.05, 0) is 50.5 Å². The van der Waals surface area contributed by atoms with Gasteiger partial charge in [0.15, 0.2) is 0 Å². The van der Waals surface area contributed by atoms with Crippen LogP contribution in [0.4, 0.5) is 26.3 Å². The molecule has 0 spiro atoms. The molecular weight excluding hydrogens is 524 g/mol. The molecule has 2 heterocycles. The van der Waals surface area contributed by atoms with E-state index in [0.717, 1.165) is 18.4 Å². The van der Waals surface area contributed by atoms with Crippen LogP contribution in [0.3, 0.4) is 0 Å². The zero-order valence-electron chi connectivity index (χ0n) is 20.1. The van der Waals surface area contributed by atoms with Gasteiger partial charge >= 0.3 is 12.4 Å². The van der Waals surface area contributed by atoms with Crippen LogP contribution in [0.2, 0.25) is 0 Å². The Kier molecular flexibility index (Phi) is 6.92. The number of hydrogen-bond acceptors (Lipinski definition) is 5. The molecular formula is C24H27F6N3O3S. The maximum Gasteiger partial charge on any atom is 0.430 e. The summed E-state index contributed by atoms with van der Waals surface area (Å²) in [6, 6.07) is 5.56. The van der Waals surface area contributed by atoms with E-state index in [9.17, 15) is 39.9 Å². The van der Waals surface area contributed by atoms with Crippen LogP contribution in [-0.4, -0.2) is 71.8 Å². The molecule has 0 radical (unpaired) electrons. The summed E-state index contributed by atoms with van der Waals surface area (Å²) in [7, 11) is -4.21. The Labute approximate surface area is 211 Å². The van der Waals surface area contributed by atoms with Gasteiger partial charge in [-0.25, -0.2) is 8.42 Å². The first-order valence-electron chi connectivity index (χ1n) is 11.7. The third-order valence-electron chi connectivity index (χ3n) is 7.67. The van der Waals surface area contributed by atoms with E-state index in [1.807, 2.05) is 18.3 Å². The molecule has 1 aromatic heterocycles. The van der Waals surface area contributed by atoms with Crippen molar-refractivity contribution in [1.29, 1.82) is 0 Å². The van der Waals surface area contributed by atoms with E-state index in [1.54, 1.807) is 13.1 Å². The quantitative estimate of drug-likeness (QED) is 0.545. The Balaban J connectivity index is 1.52. The minimum atomic E-state index is -6.05. The Morgan fingerprint density at radius 3 is 2.08 bits per heavy atom. The molecule has 1 unspecified atom stereocenters. The Morgan fingerprint density at radius 2 is 1.62 bits per heavy atom. The van der Waals surface area contributed by atoms with Gasteiger partial charge in [-0.2, -0.15) is 30.6 Å². The van der Waals surface area contributed by atoms with Crippen molar-refractivity contribution in [3.8, 4) is 0 Å². The summed E-state index contributed by atoms with van der Waals surface area (Å²) in [5.41, 5.74) is -5.56. The van der Waals surface area contributed by atoms with Crippen molar-refractivity contribution in [3.05, 3.63) is 59.9 Å². The number of piperazine rings is 1. The number of nitrogens with zero attached hydrogens (tertiary/aromatic N) is 3. The van der Waals surface area contributed by atoms with Crippen LogP contribution in [0.25, 0.3) is 0 Å². The molecule has 1 aliphatic heterocycles. The molecule has 2 aliphatic rings. The Hall–Kier alpha value is -2.22. The van der Waals surface area contributed by atoms with Crippen molar-refractivity contribution in [2.45, 2.75) is 67.0 Å². The molecule has 0 bridgehead atoms. The summed E-state index contributed by atoms with van der Waals surface area (Å²) in [5, 5.41) is 9.56. The van der Waals surface area contributed by atoms with Crippen LogP contribution >= 0.6 is 0 Å². The molecule has 6 nitrogen and oxygen atoms in total. The van der Waals surface area contributed by atoms with Crippen molar-refractivity contribution in [3.63, 3.8) is 0 Å². The monoisotopic (exact) mass is 551 g/mol. The number of aliphatic hydroxyl groups is 1. The normalized spacial score (nSPS) is 22.6. The van der Waals surface area contributed by atoms with Crippen LogP contribution in [-0.2, 0) is 21.0 Å². The Morgan fingerprint density at radius 1 is 1.03 bits per heavy atom. The van der Waals surface area contributed by atoms with Crippen LogP contribution in [0.15, 0.2) is 53.7 Å². The molecule has 1 saturated carbocycles. The van der Waals surface area contributed by atoms with Crippen LogP contribution < -0.4 is 0 Å². The fourth-order valence-corrected chi connectivity index (χ4v) is 6.87. The lowest BCUT2D eigenvalue weighted by atomic mass is 9.88. The van der Waals surface area contributed by atoms with E-state index >= 15 is 0 Å². The largest absolute Gasteiger partial charge is 0.430 e. The summed E-state index contributed by atoms with van der Waals surface area (Å²) >= 11 is 0. The molecule has 4 rings (SSSR count). The SMILES string of the molecule is CC(N1CCN(S(=O)(=O)c2ccc(C(O)(C(F)(F)F)C(F)(F)F)cc2)[C@H](C)C1)C1(c2cccnc2)CC1. The average Bonchev–Trinajstić information content (AvgIpc) is 3.64. The van der Waals surface area contributed by atoms with E-state index in [4.69, 9.17) is 0 Å². The molecule has 1 saturated heterocycles. The molecule has 13 heteroatoms. The van der Waals surface area contributed by atoms with Crippen LogP contribution in [0.1, 0.15) is 37.8 Å². The first kappa shape index (κ1) is 27.8. The molecule has 37 heavy (non-hydrogen) atoms. The molecule has 204 valence electrons. The first-order valence-corrected chi connectivity index (χ1v) is 13.1. The predicted octanol–water partition coefficient (Wildman–Crippen LogP) is 4.21. The highest BCUT2D eigenvalue weighted by molar-refractivity contribution is 7.89. The van der Waals surface area contributed by atoms with E-state index in [0.29, 0.717) is 37.4 Å². The highest BCUT2D eigenvalue weighted by Gasteiger charge is 2.71. The second-order valence-corrected chi connectivity index (χ2v) is 11.7. The third kappa shape index (κ3) is 4.64. The maximum atomic E-state index is 13.3. The van der Waals surface area contributed by atoms with E-state index in [2.05, 4.69) is 16.8 Å². The van der Waals surface area contributed by atoms with Gasteiger partial charge in [0.1, 0.15) is 0 Å². The van der Waals surface area contributed by atoms with Crippen molar-refractivity contribution >= 4 is 10.0 Å².